The summed E-state index contributed by atoms with van der Waals surface area (Å²) in [6.07, 6.45) is -27.9. The Kier molecular flexibility index (Phi) is 24.7. The first-order valence-electron chi connectivity index (χ1n) is 34.9. The van der Waals surface area contributed by atoms with E-state index in [1.165, 1.54) is 40.0 Å². The number of hydrogen-bond acceptors (Lipinski definition) is 29. The van der Waals surface area contributed by atoms with Crippen molar-refractivity contribution in [3.63, 3.8) is 0 Å². The Morgan fingerprint density at radius 2 is 1.29 bits per heavy atom. The monoisotopic (exact) mass is 1590 g/mol. The van der Waals surface area contributed by atoms with E-state index in [9.17, 15) is 80.1 Å². The number of aromatic hydroxyl groups is 3. The number of amides is 7. The molecule has 37 nitrogen and oxygen atoms in total. The predicted molar refractivity (Wildman–Crippen MR) is 380 cm³/mol. The molecule has 13 rings (SSSR count). The van der Waals surface area contributed by atoms with E-state index in [2.05, 4.69) is 37.2 Å². The summed E-state index contributed by atoms with van der Waals surface area (Å²) in [5.41, 5.74) is 7.58. The van der Waals surface area contributed by atoms with Crippen molar-refractivity contribution in [1.29, 1.82) is 0 Å². The van der Waals surface area contributed by atoms with Crippen molar-refractivity contribution in [2.45, 2.75) is 188 Å². The highest BCUT2D eigenvalue weighted by Gasteiger charge is 2.53. The molecule has 0 unspecified atom stereocenters. The van der Waals surface area contributed by atoms with Crippen LogP contribution >= 0.6 is 23.2 Å². The summed E-state index contributed by atoms with van der Waals surface area (Å²) < 4.78 is 50.6. The van der Waals surface area contributed by atoms with Crippen LogP contribution in [-0.4, -0.2) is 226 Å². The summed E-state index contributed by atoms with van der Waals surface area (Å²) in [5.74, 6) is -17.4. The molecular weight excluding hydrogens is 1510 g/mol. The van der Waals surface area contributed by atoms with Crippen LogP contribution in [0.2, 0.25) is 10.0 Å². The third kappa shape index (κ3) is 17.4. The number of halogens is 2. The van der Waals surface area contributed by atoms with E-state index in [0.29, 0.717) is 0 Å². The molecule has 8 heterocycles. The van der Waals surface area contributed by atoms with Crippen molar-refractivity contribution in [1.82, 2.24) is 37.2 Å². The van der Waals surface area contributed by atoms with Crippen LogP contribution in [0.25, 0.3) is 11.1 Å². The molecule has 0 radical (unpaired) electrons. The number of phenolic OH excluding ortho intramolecular Hbond substituents is 3. The molecule has 7 amide bonds. The first-order valence-corrected chi connectivity index (χ1v) is 35.6. The fraction of sp³-hybridized carbons (Fsp3) is 0.458. The lowest BCUT2D eigenvalue weighted by atomic mass is 9.88. The van der Waals surface area contributed by atoms with Gasteiger partial charge in [-0.2, -0.15) is 0 Å². The number of carbonyl (C=O) groups excluding carboxylic acids is 8. The normalized spacial score (nSPS) is 31.4. The van der Waals surface area contributed by atoms with Crippen molar-refractivity contribution in [3.8, 4) is 57.1 Å². The highest BCUT2D eigenvalue weighted by atomic mass is 35.5. The number of fused-ring (bicyclic) bond motifs is 15. The number of carbonyl (C=O) groups is 9. The van der Waals surface area contributed by atoms with E-state index >= 15 is 19.2 Å². The maximum atomic E-state index is 16.3. The van der Waals surface area contributed by atoms with E-state index in [0.717, 1.165) is 66.7 Å². The number of Topliss-reactive ketones (excluding diaryl/α,β-unsaturated/α-hetero) is 1. The van der Waals surface area contributed by atoms with Gasteiger partial charge in [0.2, 0.25) is 53.4 Å². The number of aliphatic hydroxyl groups excluding tert-OH is 7. The van der Waals surface area contributed by atoms with E-state index in [-0.39, 0.29) is 23.5 Å². The van der Waals surface area contributed by atoms with E-state index < -0.39 is 290 Å². The lowest BCUT2D eigenvalue weighted by molar-refractivity contribution is -0.354. The molecule has 22 atom stereocenters. The zero-order valence-electron chi connectivity index (χ0n) is 59.8. The number of primary amides is 1. The van der Waals surface area contributed by atoms with Gasteiger partial charge in [0.1, 0.15) is 114 Å². The number of carboxylic acid groups (broad SMARTS) is 1. The summed E-state index contributed by atoms with van der Waals surface area (Å²) in [6, 6.07) is -1.20. The molecule has 111 heavy (non-hydrogen) atoms. The van der Waals surface area contributed by atoms with Crippen LogP contribution in [0.15, 0.2) is 78.9 Å². The van der Waals surface area contributed by atoms with Gasteiger partial charge < -0.3 is 143 Å². The Morgan fingerprint density at radius 1 is 0.667 bits per heavy atom. The number of nitrogens with one attached hydrogen (secondary N) is 7. The van der Waals surface area contributed by atoms with Crippen LogP contribution in [0.3, 0.4) is 0 Å². The number of aliphatic carboxylic acids is 1. The number of nitrogens with two attached hydrogens (primary N) is 2. The van der Waals surface area contributed by atoms with Crippen molar-refractivity contribution < 1.29 is 137 Å². The minimum absolute atomic E-state index is 0.126. The molecule has 11 bridgehead atoms. The summed E-state index contributed by atoms with van der Waals surface area (Å²) in [4.78, 5) is 133. The first-order chi connectivity index (χ1) is 52.4. The summed E-state index contributed by atoms with van der Waals surface area (Å²) in [7, 11) is 1.46. The van der Waals surface area contributed by atoms with Gasteiger partial charge in [0.05, 0.1) is 40.8 Å². The summed E-state index contributed by atoms with van der Waals surface area (Å²) in [5, 5.41) is 141. The predicted octanol–water partition coefficient (Wildman–Crippen LogP) is -0.834. The van der Waals surface area contributed by atoms with Gasteiger partial charge in [-0.15, -0.1) is 0 Å². The van der Waals surface area contributed by atoms with Crippen molar-refractivity contribution in [3.05, 3.63) is 117 Å². The molecule has 8 aliphatic heterocycles. The second kappa shape index (κ2) is 33.3. The summed E-state index contributed by atoms with van der Waals surface area (Å²) >= 11 is 14.4. The average molecular weight is 1590 g/mol. The molecule has 3 fully saturated rings. The molecule has 39 heteroatoms. The van der Waals surface area contributed by atoms with Gasteiger partial charge in [-0.3, -0.25) is 38.4 Å². The van der Waals surface area contributed by atoms with Gasteiger partial charge in [0, 0.05) is 29.2 Å². The quantitative estimate of drug-likeness (QED) is 0.0608. The largest absolute Gasteiger partial charge is 0.508 e. The maximum absolute atomic E-state index is 16.3. The third-order valence-corrected chi connectivity index (χ3v) is 20.2. The van der Waals surface area contributed by atoms with Crippen LogP contribution in [-0.2, 0) is 66.8 Å². The lowest BCUT2D eigenvalue weighted by Crippen LogP contribution is -2.64. The number of benzene rings is 5. The standard InChI is InChI=1S/C72H83Cl2N9O28/c1-24(2)13-36(77-6)63(96)82-51-54(90)28-8-11-40(34(73)15-28)106-42-17-30-18-43(60(42)110-71-61(57(93)55(91)44(23-84)108-71)111-70-58(94)56(92)53(89)25(3)105-70)107-41-12-9-29(16-35(41)74)59(109-46-22-72(5,76)62(95)26(4)104-46)52-68(101)81-50(69(102)103)33-19-31(85)20-39(87)47(33)32-14-27(7-10-38(32)86)48(65(98)83-52)80-66(99)49(30)79-64(97)37(21-45(75)88)78-67(51)100/h7-12,14-20,24-26,36-37,44,46,48-59,61,70-71,77,84-87,89-94H,13,21-23,76H2,1-6H3,(H2,75,88)(H,78,100)(H,79,97)(H,80,99)(H,81,101)(H,82,96)(H,83,98)(H,102,103)/t25-,26-,36+,37-,44+,46-,48+,49+,50-,51+,52-,53-,54+,55+,56+,57-,58+,59+,61+,70-,71-,72-/m0/s1. The molecule has 22 N–H and O–H groups in total. The third-order valence-electron chi connectivity index (χ3n) is 19.6. The molecule has 598 valence electrons. The topological polar surface area (TPSA) is 586 Å². The van der Waals surface area contributed by atoms with E-state index in [1.54, 1.807) is 13.8 Å². The van der Waals surface area contributed by atoms with Gasteiger partial charge in [0.15, 0.2) is 42.0 Å². The van der Waals surface area contributed by atoms with Crippen LogP contribution in [0.4, 0.5) is 0 Å². The zero-order chi connectivity index (χ0) is 80.8. The van der Waals surface area contributed by atoms with Crippen LogP contribution in [0, 0.1) is 5.92 Å². The number of likely N-dealkylation sites (N-methyl/N-ethyl adjacent to an activating group) is 1. The number of phenols is 3. The molecular formula is C72H83Cl2N9O28. The fourth-order valence-electron chi connectivity index (χ4n) is 13.8. The average Bonchev–Trinajstić information content (AvgIpc) is 0.784. The van der Waals surface area contributed by atoms with E-state index in [4.69, 9.17) is 72.6 Å². The second-order valence-electron chi connectivity index (χ2n) is 28.3. The number of aliphatic hydroxyl groups is 7. The Bertz CT molecular complexity index is 4460. The van der Waals surface area contributed by atoms with Crippen LogP contribution in [0.1, 0.15) is 112 Å². The molecule has 0 aliphatic carbocycles. The Balaban J connectivity index is 1.19. The summed E-state index contributed by atoms with van der Waals surface area (Å²) in [6.45, 7) is 6.55. The SMILES string of the molecule is CN[C@H](CC(C)C)C(=O)N[C@H]1C(=O)N[C@@H](CC(N)=O)C(=O)N[C@H]2C(=O)N[C@H]3C(=O)N[C@H](C(=O)N[C@H](C(=O)O)c4cc(O)cc(O)c4-c4cc3ccc4O)[C@H](O[C@H]3C[C@](C)(N)C(=O)[C@H](C)O3)c3ccc(c(Cl)c3)Oc3cc2cc(c3O[C@@H]2O[C@H](CO)[C@@H](O)[C@H](O)[C@H]2O[C@@H]2O[C@@H](C)[C@H](O)[C@@H](O)[C@H]2O)Oc2ccc(cc2Cl)[C@H]1O. The Labute approximate surface area is 640 Å². The van der Waals surface area contributed by atoms with Crippen LogP contribution < -0.4 is 62.9 Å². The van der Waals surface area contributed by atoms with Gasteiger partial charge in [0.25, 0.3) is 0 Å². The molecule has 8 aliphatic rings. The minimum atomic E-state index is -2.43. The van der Waals surface area contributed by atoms with Gasteiger partial charge >= 0.3 is 5.97 Å². The highest BCUT2D eigenvalue weighted by Crippen LogP contribution is 2.50. The Hall–Kier alpha value is -9.65. The number of ether oxygens (including phenoxy) is 8. The lowest BCUT2D eigenvalue weighted by Gasteiger charge is -2.45. The Morgan fingerprint density at radius 3 is 1.90 bits per heavy atom. The fourth-order valence-corrected chi connectivity index (χ4v) is 14.2. The molecule has 0 saturated carbocycles. The van der Waals surface area contributed by atoms with Crippen LogP contribution in [0.5, 0.6) is 46.0 Å². The minimum Gasteiger partial charge on any atom is -0.508 e. The molecule has 3 saturated heterocycles. The molecule has 5 aromatic carbocycles. The number of ketones is 1. The first kappa shape index (κ1) is 82.3. The highest BCUT2D eigenvalue weighted by molar-refractivity contribution is 6.32. The van der Waals surface area contributed by atoms with E-state index in [1.807, 2.05) is 0 Å². The van der Waals surface area contributed by atoms with Gasteiger partial charge in [-0.1, -0.05) is 55.2 Å². The zero-order valence-corrected chi connectivity index (χ0v) is 61.3. The second-order valence-corrected chi connectivity index (χ2v) is 29.1. The van der Waals surface area contributed by atoms with Gasteiger partial charge in [-0.05, 0) is 117 Å². The number of rotatable bonds is 15. The maximum Gasteiger partial charge on any atom is 0.330 e. The van der Waals surface area contributed by atoms with Crippen molar-refractivity contribution in [2.75, 3.05) is 13.7 Å². The molecule has 0 aromatic heterocycles. The smallest absolute Gasteiger partial charge is 0.330 e. The molecule has 0 spiro atoms. The van der Waals surface area contributed by atoms with Gasteiger partial charge in [-0.25, -0.2) is 4.79 Å². The molecule has 5 aromatic rings. The number of carboxylic acids is 1. The van der Waals surface area contributed by atoms with Crippen molar-refractivity contribution >= 4 is 76.3 Å². The number of hydrogen-bond donors (Lipinski definition) is 20. The van der Waals surface area contributed by atoms with Crippen molar-refractivity contribution in [2.24, 2.45) is 17.4 Å².